The lowest BCUT2D eigenvalue weighted by Crippen LogP contribution is -2.23. The molecule has 0 aliphatic carbocycles. The van der Waals surface area contributed by atoms with Crippen LogP contribution in [0.5, 0.6) is 0 Å². The average Bonchev–Trinajstić information content (AvgIpc) is 2.55. The molecule has 0 aromatic heterocycles. The molecular weight excluding hydrogens is 365 g/mol. The highest BCUT2D eigenvalue weighted by Gasteiger charge is 2.11. The minimum absolute atomic E-state index is 0.00905. The first kappa shape index (κ1) is 18.8. The van der Waals surface area contributed by atoms with Gasteiger partial charge >= 0.3 is 0 Å². The second kappa shape index (κ2) is 8.56. The van der Waals surface area contributed by atoms with E-state index in [0.717, 1.165) is 10.5 Å². The van der Waals surface area contributed by atoms with Crippen molar-refractivity contribution in [2.75, 3.05) is 5.75 Å². The predicted octanol–water partition coefficient (Wildman–Crippen LogP) is 5.17. The molecule has 2 aromatic rings. The molecule has 0 spiro atoms. The SMILES string of the molecule is CC(=O)N[C@H](C)c1ccc(C(=O)CSc2cc(Cl)ccc2Cl)cc1. The third kappa shape index (κ3) is 5.26. The van der Waals surface area contributed by atoms with E-state index in [2.05, 4.69) is 5.32 Å². The van der Waals surface area contributed by atoms with Crippen LogP contribution in [0.2, 0.25) is 10.0 Å². The van der Waals surface area contributed by atoms with E-state index in [-0.39, 0.29) is 23.5 Å². The maximum absolute atomic E-state index is 12.3. The number of thioether (sulfide) groups is 1. The standard InChI is InChI=1S/C18H17Cl2NO2S/c1-11(21-12(2)22)13-3-5-14(6-4-13)17(23)10-24-18-9-15(19)7-8-16(18)20/h3-9,11H,10H2,1-2H3,(H,21,22)/t11-/m1/s1. The summed E-state index contributed by atoms with van der Waals surface area (Å²) in [6.07, 6.45) is 0. The molecular formula is C18H17Cl2NO2S. The Morgan fingerprint density at radius 1 is 1.12 bits per heavy atom. The van der Waals surface area contributed by atoms with Crippen LogP contribution in [0.25, 0.3) is 0 Å². The summed E-state index contributed by atoms with van der Waals surface area (Å²) in [5.41, 5.74) is 1.58. The Bertz CT molecular complexity index is 747. The van der Waals surface area contributed by atoms with E-state index in [4.69, 9.17) is 23.2 Å². The minimum atomic E-state index is -0.0914. The molecule has 24 heavy (non-hydrogen) atoms. The van der Waals surface area contributed by atoms with E-state index >= 15 is 0 Å². The van der Waals surface area contributed by atoms with Crippen molar-refractivity contribution in [3.8, 4) is 0 Å². The summed E-state index contributed by atoms with van der Waals surface area (Å²) in [5.74, 6) is 0.202. The van der Waals surface area contributed by atoms with Crippen LogP contribution >= 0.6 is 35.0 Å². The number of Topliss-reactive ketones (excluding diaryl/α,β-unsaturated/α-hetero) is 1. The maximum Gasteiger partial charge on any atom is 0.217 e. The van der Waals surface area contributed by atoms with Crippen molar-refractivity contribution in [2.45, 2.75) is 24.8 Å². The van der Waals surface area contributed by atoms with Crippen LogP contribution in [0, 0.1) is 0 Å². The van der Waals surface area contributed by atoms with Gasteiger partial charge in [-0.2, -0.15) is 0 Å². The van der Waals surface area contributed by atoms with Crippen LogP contribution in [0.3, 0.4) is 0 Å². The Kier molecular flexibility index (Phi) is 6.72. The summed E-state index contributed by atoms with van der Waals surface area (Å²) >= 11 is 13.4. The van der Waals surface area contributed by atoms with Gasteiger partial charge < -0.3 is 5.32 Å². The minimum Gasteiger partial charge on any atom is -0.350 e. The molecule has 0 unspecified atom stereocenters. The predicted molar refractivity (Wildman–Crippen MR) is 100 cm³/mol. The van der Waals surface area contributed by atoms with Gasteiger partial charge in [-0.25, -0.2) is 0 Å². The number of hydrogen-bond acceptors (Lipinski definition) is 3. The van der Waals surface area contributed by atoms with Gasteiger partial charge in [-0.3, -0.25) is 9.59 Å². The van der Waals surface area contributed by atoms with Crippen LogP contribution in [-0.4, -0.2) is 17.4 Å². The second-order valence-electron chi connectivity index (χ2n) is 5.33. The lowest BCUT2D eigenvalue weighted by Gasteiger charge is -2.13. The topological polar surface area (TPSA) is 46.2 Å². The molecule has 2 rings (SSSR count). The van der Waals surface area contributed by atoms with Gasteiger partial charge in [0.25, 0.3) is 0 Å². The smallest absolute Gasteiger partial charge is 0.217 e. The zero-order valence-electron chi connectivity index (χ0n) is 13.3. The van der Waals surface area contributed by atoms with Crippen LogP contribution < -0.4 is 5.32 Å². The molecule has 2 aromatic carbocycles. The zero-order valence-corrected chi connectivity index (χ0v) is 15.6. The van der Waals surface area contributed by atoms with E-state index < -0.39 is 0 Å². The summed E-state index contributed by atoms with van der Waals surface area (Å²) in [7, 11) is 0. The summed E-state index contributed by atoms with van der Waals surface area (Å²) < 4.78 is 0. The fourth-order valence-corrected chi connectivity index (χ4v) is 3.55. The first-order chi connectivity index (χ1) is 11.4. The molecule has 0 bridgehead atoms. The van der Waals surface area contributed by atoms with Gasteiger partial charge in [0.05, 0.1) is 16.8 Å². The fourth-order valence-electron chi connectivity index (χ4n) is 2.16. The largest absolute Gasteiger partial charge is 0.350 e. The molecule has 0 fully saturated rings. The third-order valence-corrected chi connectivity index (χ3v) is 5.14. The lowest BCUT2D eigenvalue weighted by atomic mass is 10.0. The number of nitrogens with one attached hydrogen (secondary N) is 1. The monoisotopic (exact) mass is 381 g/mol. The number of carbonyl (C=O) groups excluding carboxylic acids is 2. The molecule has 1 amide bonds. The molecule has 0 aliphatic heterocycles. The average molecular weight is 382 g/mol. The molecule has 6 heteroatoms. The van der Waals surface area contributed by atoms with Gasteiger partial charge in [0.15, 0.2) is 5.78 Å². The highest BCUT2D eigenvalue weighted by molar-refractivity contribution is 8.00. The van der Waals surface area contributed by atoms with Crippen LogP contribution in [-0.2, 0) is 4.79 Å². The Morgan fingerprint density at radius 3 is 2.42 bits per heavy atom. The summed E-state index contributed by atoms with van der Waals surface area (Å²) in [6.45, 7) is 3.38. The van der Waals surface area contributed by atoms with Crippen molar-refractivity contribution in [2.24, 2.45) is 0 Å². The van der Waals surface area contributed by atoms with E-state index in [0.29, 0.717) is 15.6 Å². The van der Waals surface area contributed by atoms with E-state index in [1.165, 1.54) is 18.7 Å². The van der Waals surface area contributed by atoms with Gasteiger partial charge in [-0.05, 0) is 30.7 Å². The van der Waals surface area contributed by atoms with Crippen LogP contribution in [0.4, 0.5) is 0 Å². The Balaban J connectivity index is 2.00. The summed E-state index contributed by atoms with van der Waals surface area (Å²) in [5, 5.41) is 3.98. The normalized spacial score (nSPS) is 11.8. The van der Waals surface area contributed by atoms with Gasteiger partial charge in [0.1, 0.15) is 0 Å². The van der Waals surface area contributed by atoms with Gasteiger partial charge in [-0.1, -0.05) is 47.5 Å². The van der Waals surface area contributed by atoms with Gasteiger partial charge in [0, 0.05) is 22.4 Å². The Morgan fingerprint density at radius 2 is 1.79 bits per heavy atom. The number of carbonyl (C=O) groups is 2. The Labute approximate surface area is 155 Å². The molecule has 1 N–H and O–H groups in total. The van der Waals surface area contributed by atoms with Gasteiger partial charge in [0.2, 0.25) is 5.91 Å². The quantitative estimate of drug-likeness (QED) is 0.554. The molecule has 126 valence electrons. The molecule has 3 nitrogen and oxygen atoms in total. The van der Waals surface area contributed by atoms with Crippen molar-refractivity contribution in [1.82, 2.24) is 5.32 Å². The first-order valence-corrected chi connectivity index (χ1v) is 9.09. The number of halogens is 2. The van der Waals surface area contributed by atoms with E-state index in [1.807, 2.05) is 19.1 Å². The first-order valence-electron chi connectivity index (χ1n) is 7.35. The number of hydrogen-bond donors (Lipinski definition) is 1. The maximum atomic E-state index is 12.3. The van der Waals surface area contributed by atoms with Crippen molar-refractivity contribution in [3.63, 3.8) is 0 Å². The molecule has 0 radical (unpaired) electrons. The van der Waals surface area contributed by atoms with Crippen LogP contribution in [0.1, 0.15) is 35.8 Å². The third-order valence-electron chi connectivity index (χ3n) is 3.40. The molecule has 0 aliphatic rings. The summed E-state index contributed by atoms with van der Waals surface area (Å²) in [6, 6.07) is 12.3. The molecule has 0 heterocycles. The van der Waals surface area contributed by atoms with E-state index in [1.54, 1.807) is 30.3 Å². The zero-order chi connectivity index (χ0) is 17.7. The molecule has 1 atom stereocenters. The number of ketones is 1. The molecule has 0 saturated heterocycles. The number of benzene rings is 2. The second-order valence-corrected chi connectivity index (χ2v) is 7.19. The van der Waals surface area contributed by atoms with Crippen LogP contribution in [0.15, 0.2) is 47.4 Å². The van der Waals surface area contributed by atoms with Crippen molar-refractivity contribution in [3.05, 3.63) is 63.6 Å². The highest BCUT2D eigenvalue weighted by Crippen LogP contribution is 2.30. The van der Waals surface area contributed by atoms with Crippen molar-refractivity contribution >= 4 is 46.7 Å². The molecule has 0 saturated carbocycles. The summed E-state index contributed by atoms with van der Waals surface area (Å²) in [4.78, 5) is 24.2. The fraction of sp³-hybridized carbons (Fsp3) is 0.222. The van der Waals surface area contributed by atoms with E-state index in [9.17, 15) is 9.59 Å². The van der Waals surface area contributed by atoms with Crippen molar-refractivity contribution < 1.29 is 9.59 Å². The Hall–Kier alpha value is -1.49. The van der Waals surface area contributed by atoms with Crippen molar-refractivity contribution in [1.29, 1.82) is 0 Å². The number of rotatable bonds is 6. The lowest BCUT2D eigenvalue weighted by molar-refractivity contribution is -0.119. The number of amides is 1. The highest BCUT2D eigenvalue weighted by atomic mass is 35.5. The van der Waals surface area contributed by atoms with Gasteiger partial charge in [-0.15, -0.1) is 11.8 Å².